The molecule has 0 saturated carbocycles. The van der Waals surface area contributed by atoms with E-state index in [0.29, 0.717) is 10.0 Å². The van der Waals surface area contributed by atoms with E-state index in [1.807, 2.05) is 39.0 Å². The molecule has 0 aliphatic rings. The van der Waals surface area contributed by atoms with Crippen LogP contribution < -0.4 is 5.32 Å². The van der Waals surface area contributed by atoms with Crippen molar-refractivity contribution < 1.29 is 9.90 Å². The highest BCUT2D eigenvalue weighted by Gasteiger charge is 2.30. The maximum absolute atomic E-state index is 12.0. The summed E-state index contributed by atoms with van der Waals surface area (Å²) in [6.45, 7) is 8.95. The molecule has 1 aromatic carbocycles. The fourth-order valence-corrected chi connectivity index (χ4v) is 2.18. The summed E-state index contributed by atoms with van der Waals surface area (Å²) in [5, 5.41) is 13.8. The lowest BCUT2D eigenvalue weighted by Gasteiger charge is -2.31. The molecule has 0 aliphatic heterocycles. The van der Waals surface area contributed by atoms with Crippen LogP contribution in [0, 0.1) is 5.41 Å². The predicted octanol–water partition coefficient (Wildman–Crippen LogP) is 4.31. The highest BCUT2D eigenvalue weighted by atomic mass is 35.5. The zero-order chi connectivity index (χ0) is 17.1. The van der Waals surface area contributed by atoms with Crippen LogP contribution in [0.1, 0.15) is 40.2 Å². The van der Waals surface area contributed by atoms with Crippen LogP contribution in [0.4, 0.5) is 0 Å². The van der Waals surface area contributed by atoms with Gasteiger partial charge in [-0.15, -0.1) is 0 Å². The Kier molecular flexibility index (Phi) is 6.08. The molecule has 2 N–H and O–H groups in total. The van der Waals surface area contributed by atoms with Gasteiger partial charge in [-0.05, 0) is 37.0 Å². The number of carbonyl (C=O) groups is 1. The predicted molar refractivity (Wildman–Crippen MR) is 93.2 cm³/mol. The standard InChI is InChI=1S/C17H23Cl2NO2/c1-16(2,3)14(20-15(21)17(4,5)22)9-7-11-6-8-12(18)10-13(11)19/h6-10,14,22H,1-5H3,(H,20,21). The minimum Gasteiger partial charge on any atom is -0.381 e. The molecule has 0 saturated heterocycles. The number of halogens is 2. The number of benzene rings is 1. The number of nitrogens with one attached hydrogen (secondary N) is 1. The zero-order valence-electron chi connectivity index (χ0n) is 13.6. The van der Waals surface area contributed by atoms with Crippen LogP contribution in [-0.2, 0) is 4.79 Å². The van der Waals surface area contributed by atoms with Crippen molar-refractivity contribution in [2.24, 2.45) is 5.41 Å². The number of amides is 1. The third-order valence-electron chi connectivity index (χ3n) is 3.21. The molecule has 0 bridgehead atoms. The van der Waals surface area contributed by atoms with Crippen molar-refractivity contribution in [3.05, 3.63) is 39.9 Å². The summed E-state index contributed by atoms with van der Waals surface area (Å²) >= 11 is 12.0. The van der Waals surface area contributed by atoms with E-state index in [4.69, 9.17) is 23.2 Å². The van der Waals surface area contributed by atoms with Gasteiger partial charge in [-0.3, -0.25) is 4.79 Å². The van der Waals surface area contributed by atoms with Crippen LogP contribution in [0.2, 0.25) is 10.0 Å². The Hall–Kier alpha value is -1.03. The van der Waals surface area contributed by atoms with E-state index in [1.54, 1.807) is 12.1 Å². The number of carbonyl (C=O) groups excluding carboxylic acids is 1. The molecule has 0 heterocycles. The molecule has 1 unspecified atom stereocenters. The van der Waals surface area contributed by atoms with Crippen molar-refractivity contribution in [3.63, 3.8) is 0 Å². The monoisotopic (exact) mass is 343 g/mol. The fourth-order valence-electron chi connectivity index (χ4n) is 1.71. The highest BCUT2D eigenvalue weighted by Crippen LogP contribution is 2.25. The van der Waals surface area contributed by atoms with E-state index in [9.17, 15) is 9.90 Å². The van der Waals surface area contributed by atoms with Crippen molar-refractivity contribution in [1.29, 1.82) is 0 Å². The second kappa shape index (κ2) is 7.03. The lowest BCUT2D eigenvalue weighted by molar-refractivity contribution is -0.137. The van der Waals surface area contributed by atoms with Gasteiger partial charge in [0.2, 0.25) is 0 Å². The van der Waals surface area contributed by atoms with Gasteiger partial charge in [0.05, 0.1) is 6.04 Å². The second-order valence-electron chi connectivity index (χ2n) is 6.90. The van der Waals surface area contributed by atoms with Crippen LogP contribution in [-0.4, -0.2) is 22.7 Å². The van der Waals surface area contributed by atoms with Crippen molar-refractivity contribution in [1.82, 2.24) is 5.32 Å². The fraction of sp³-hybridized carbons (Fsp3) is 0.471. The van der Waals surface area contributed by atoms with E-state index < -0.39 is 11.5 Å². The highest BCUT2D eigenvalue weighted by molar-refractivity contribution is 6.35. The molecule has 0 aromatic heterocycles. The molecule has 122 valence electrons. The van der Waals surface area contributed by atoms with Crippen molar-refractivity contribution in [2.45, 2.75) is 46.3 Å². The van der Waals surface area contributed by atoms with Gasteiger partial charge in [0.1, 0.15) is 5.60 Å². The molecule has 3 nitrogen and oxygen atoms in total. The summed E-state index contributed by atoms with van der Waals surface area (Å²) in [5.74, 6) is -0.417. The lowest BCUT2D eigenvalue weighted by Crippen LogP contribution is -2.50. The average Bonchev–Trinajstić information content (AvgIpc) is 2.33. The molecular formula is C17H23Cl2NO2. The van der Waals surface area contributed by atoms with Crippen LogP contribution in [0.25, 0.3) is 6.08 Å². The minimum absolute atomic E-state index is 0.212. The van der Waals surface area contributed by atoms with Crippen LogP contribution in [0.5, 0.6) is 0 Å². The summed E-state index contributed by atoms with van der Waals surface area (Å²) in [5.41, 5.74) is -0.816. The topological polar surface area (TPSA) is 49.3 Å². The molecular weight excluding hydrogens is 321 g/mol. The van der Waals surface area contributed by atoms with Gasteiger partial charge in [-0.2, -0.15) is 0 Å². The molecule has 1 rings (SSSR count). The Labute approximate surface area is 142 Å². The number of hydrogen-bond acceptors (Lipinski definition) is 2. The van der Waals surface area contributed by atoms with Gasteiger partial charge in [-0.1, -0.05) is 62.2 Å². The van der Waals surface area contributed by atoms with Crippen LogP contribution in [0.15, 0.2) is 24.3 Å². The summed E-state index contributed by atoms with van der Waals surface area (Å²) in [7, 11) is 0. The maximum atomic E-state index is 12.0. The summed E-state index contributed by atoms with van der Waals surface area (Å²) < 4.78 is 0. The third-order valence-corrected chi connectivity index (χ3v) is 3.77. The zero-order valence-corrected chi connectivity index (χ0v) is 15.1. The molecule has 0 radical (unpaired) electrons. The van der Waals surface area contributed by atoms with E-state index in [2.05, 4.69) is 5.32 Å². The van der Waals surface area contributed by atoms with Gasteiger partial charge in [0, 0.05) is 10.0 Å². The second-order valence-corrected chi connectivity index (χ2v) is 7.74. The third kappa shape index (κ3) is 5.64. The smallest absolute Gasteiger partial charge is 0.251 e. The molecule has 22 heavy (non-hydrogen) atoms. The SMILES string of the molecule is CC(C)(O)C(=O)NC(C=Cc1ccc(Cl)cc1Cl)C(C)(C)C. The first-order chi connectivity index (χ1) is 9.91. The summed E-state index contributed by atoms with van der Waals surface area (Å²) in [4.78, 5) is 12.0. The van der Waals surface area contributed by atoms with E-state index in [-0.39, 0.29) is 11.5 Å². The maximum Gasteiger partial charge on any atom is 0.251 e. The van der Waals surface area contributed by atoms with Gasteiger partial charge in [0.15, 0.2) is 0 Å². The van der Waals surface area contributed by atoms with Gasteiger partial charge >= 0.3 is 0 Å². The molecule has 0 aliphatic carbocycles. The van der Waals surface area contributed by atoms with Gasteiger partial charge in [-0.25, -0.2) is 0 Å². The first kappa shape index (κ1) is 19.0. The molecule has 1 atom stereocenters. The Morgan fingerprint density at radius 1 is 1.23 bits per heavy atom. The van der Waals surface area contributed by atoms with Crippen molar-refractivity contribution in [2.75, 3.05) is 0 Å². The summed E-state index contributed by atoms with van der Waals surface area (Å²) in [6.07, 6.45) is 3.72. The van der Waals surface area contributed by atoms with E-state index in [1.165, 1.54) is 13.8 Å². The average molecular weight is 344 g/mol. The quantitative estimate of drug-likeness (QED) is 0.855. The molecule has 0 fully saturated rings. The number of aliphatic hydroxyl groups is 1. The number of hydrogen-bond donors (Lipinski definition) is 2. The lowest BCUT2D eigenvalue weighted by atomic mass is 9.85. The minimum atomic E-state index is -1.42. The Bertz CT molecular complexity index is 569. The van der Waals surface area contributed by atoms with Crippen LogP contribution >= 0.6 is 23.2 Å². The van der Waals surface area contributed by atoms with E-state index >= 15 is 0 Å². The summed E-state index contributed by atoms with van der Waals surface area (Å²) in [6, 6.07) is 5.00. The van der Waals surface area contributed by atoms with Gasteiger partial charge < -0.3 is 10.4 Å². The van der Waals surface area contributed by atoms with E-state index in [0.717, 1.165) is 5.56 Å². The first-order valence-corrected chi connectivity index (χ1v) is 7.83. The van der Waals surface area contributed by atoms with Crippen LogP contribution in [0.3, 0.4) is 0 Å². The Balaban J connectivity index is 2.99. The molecule has 5 heteroatoms. The van der Waals surface area contributed by atoms with Crippen molar-refractivity contribution >= 4 is 35.2 Å². The van der Waals surface area contributed by atoms with Gasteiger partial charge in [0.25, 0.3) is 5.91 Å². The molecule has 0 spiro atoms. The largest absolute Gasteiger partial charge is 0.381 e. The molecule has 1 amide bonds. The molecule has 1 aromatic rings. The Morgan fingerprint density at radius 3 is 2.27 bits per heavy atom. The van der Waals surface area contributed by atoms with Crippen molar-refractivity contribution in [3.8, 4) is 0 Å². The Morgan fingerprint density at radius 2 is 1.82 bits per heavy atom. The normalized spacial score (nSPS) is 14.2. The first-order valence-electron chi connectivity index (χ1n) is 7.08. The number of rotatable bonds is 4.